The van der Waals surface area contributed by atoms with Gasteiger partial charge in [-0.25, -0.2) is 0 Å². The number of hydrogen-bond acceptors (Lipinski definition) is 2. The fourth-order valence-electron chi connectivity index (χ4n) is 0.621. The van der Waals surface area contributed by atoms with Crippen LogP contribution in [0.5, 0.6) is 0 Å². The molecule has 0 aromatic heterocycles. The summed E-state index contributed by atoms with van der Waals surface area (Å²) in [5.41, 5.74) is 2.20. The summed E-state index contributed by atoms with van der Waals surface area (Å²) in [5, 5.41) is 2.93. The molecule has 0 bridgehead atoms. The third kappa shape index (κ3) is 4.13. The van der Waals surface area contributed by atoms with E-state index >= 15 is 0 Å². The molecule has 0 saturated carbocycles. The molecule has 0 unspecified atom stereocenters. The van der Waals surface area contributed by atoms with Gasteiger partial charge < -0.3 is 5.32 Å². The van der Waals surface area contributed by atoms with Crippen LogP contribution in [-0.2, 0) is 0 Å². The van der Waals surface area contributed by atoms with Crippen LogP contribution in [0, 0.1) is 0 Å². The number of nitrogens with one attached hydrogen (secondary N) is 1. The largest absolute Gasteiger partial charge is 0.393 e. The van der Waals surface area contributed by atoms with E-state index in [1.807, 2.05) is 27.1 Å². The smallest absolute Gasteiger partial charge is 0.0528 e. The maximum Gasteiger partial charge on any atom is 0.0528 e. The second-order valence-corrected chi connectivity index (χ2v) is 2.28. The molecule has 0 radical (unpaired) electrons. The van der Waals surface area contributed by atoms with Crippen LogP contribution in [0.3, 0.4) is 0 Å². The Morgan fingerprint density at radius 2 is 2.10 bits per heavy atom. The molecule has 0 spiro atoms. The fourth-order valence-corrected chi connectivity index (χ4v) is 0.621. The van der Waals surface area contributed by atoms with E-state index in [0.717, 1.165) is 12.1 Å². The first-order valence-electron chi connectivity index (χ1n) is 3.59. The zero-order chi connectivity index (χ0) is 7.98. The van der Waals surface area contributed by atoms with Crippen molar-refractivity contribution in [3.63, 3.8) is 0 Å². The fraction of sp³-hybridized carbons (Fsp3) is 0.625. The molecule has 1 N–H and O–H groups in total. The number of nitrogens with zero attached hydrogens (tertiary/aromatic N) is 1. The number of aliphatic imine (C=N–C) groups is 1. The van der Waals surface area contributed by atoms with Gasteiger partial charge in [-0.2, -0.15) is 0 Å². The van der Waals surface area contributed by atoms with Crippen LogP contribution in [0.4, 0.5) is 0 Å². The zero-order valence-corrected chi connectivity index (χ0v) is 7.23. The van der Waals surface area contributed by atoms with Crippen LogP contribution >= 0.6 is 0 Å². The van der Waals surface area contributed by atoms with Crippen molar-refractivity contribution < 1.29 is 0 Å². The molecule has 58 valence electrons. The Morgan fingerprint density at radius 1 is 1.50 bits per heavy atom. The Kier molecular flexibility index (Phi) is 4.63. The molecule has 0 aliphatic carbocycles. The van der Waals surface area contributed by atoms with E-state index in [2.05, 4.69) is 17.2 Å². The molecule has 0 aromatic rings. The van der Waals surface area contributed by atoms with Crippen molar-refractivity contribution in [2.75, 3.05) is 7.05 Å². The Bertz CT molecular complexity index is 145. The van der Waals surface area contributed by atoms with Gasteiger partial charge in [0.1, 0.15) is 0 Å². The monoisotopic (exact) mass is 140 g/mol. The van der Waals surface area contributed by atoms with E-state index in [1.54, 1.807) is 0 Å². The predicted octanol–water partition coefficient (Wildman–Crippen LogP) is 1.94. The number of allylic oxidation sites excluding steroid dienone is 1. The van der Waals surface area contributed by atoms with Crippen molar-refractivity contribution in [3.8, 4) is 0 Å². The Hall–Kier alpha value is -0.790. The Labute approximate surface area is 63.0 Å². The van der Waals surface area contributed by atoms with Crippen LogP contribution < -0.4 is 5.32 Å². The average Bonchev–Trinajstić information content (AvgIpc) is 1.88. The summed E-state index contributed by atoms with van der Waals surface area (Å²) in [5.74, 6) is 0. The lowest BCUT2D eigenvalue weighted by Crippen LogP contribution is -1.95. The van der Waals surface area contributed by atoms with E-state index < -0.39 is 0 Å². The van der Waals surface area contributed by atoms with Gasteiger partial charge >= 0.3 is 0 Å². The molecule has 0 saturated heterocycles. The lowest BCUT2D eigenvalue weighted by Gasteiger charge is -1.95. The summed E-state index contributed by atoms with van der Waals surface area (Å²) >= 11 is 0. The van der Waals surface area contributed by atoms with Crippen LogP contribution in [0.1, 0.15) is 27.2 Å². The van der Waals surface area contributed by atoms with Gasteiger partial charge in [0.2, 0.25) is 0 Å². The molecule has 2 heteroatoms. The predicted molar refractivity (Wildman–Crippen MR) is 46.2 cm³/mol. The summed E-state index contributed by atoms with van der Waals surface area (Å²) in [4.78, 5) is 4.30. The van der Waals surface area contributed by atoms with Gasteiger partial charge in [0, 0.05) is 19.0 Å². The van der Waals surface area contributed by atoms with Gasteiger partial charge in [0.05, 0.1) is 5.70 Å². The minimum atomic E-state index is 1.02. The first-order chi connectivity index (χ1) is 4.70. The molecule has 0 atom stereocenters. The first kappa shape index (κ1) is 9.21. The summed E-state index contributed by atoms with van der Waals surface area (Å²) in [6.45, 7) is 6.12. The average molecular weight is 140 g/mol. The lowest BCUT2D eigenvalue weighted by atomic mass is 10.3. The topological polar surface area (TPSA) is 24.4 Å². The van der Waals surface area contributed by atoms with E-state index in [0.29, 0.717) is 0 Å². The summed E-state index contributed by atoms with van der Waals surface area (Å²) in [7, 11) is 1.88. The zero-order valence-electron chi connectivity index (χ0n) is 7.23. The third-order valence-corrected chi connectivity index (χ3v) is 1.23. The van der Waals surface area contributed by atoms with Crippen LogP contribution in [0.2, 0.25) is 0 Å². The molecular weight excluding hydrogens is 124 g/mol. The molecule has 2 nitrogen and oxygen atoms in total. The second kappa shape index (κ2) is 5.03. The van der Waals surface area contributed by atoms with Crippen molar-refractivity contribution >= 4 is 5.71 Å². The second-order valence-electron chi connectivity index (χ2n) is 2.28. The van der Waals surface area contributed by atoms with Gasteiger partial charge in [-0.15, -0.1) is 0 Å². The third-order valence-electron chi connectivity index (χ3n) is 1.23. The maximum atomic E-state index is 4.30. The van der Waals surface area contributed by atoms with Crippen LogP contribution in [0.25, 0.3) is 0 Å². The van der Waals surface area contributed by atoms with Gasteiger partial charge in [-0.3, -0.25) is 4.99 Å². The molecule has 0 fully saturated rings. The van der Waals surface area contributed by atoms with E-state index in [-0.39, 0.29) is 0 Å². The van der Waals surface area contributed by atoms with Crippen molar-refractivity contribution in [2.45, 2.75) is 27.2 Å². The maximum absolute atomic E-state index is 4.30. The quantitative estimate of drug-likeness (QED) is 0.595. The highest BCUT2D eigenvalue weighted by Crippen LogP contribution is 1.95. The highest BCUT2D eigenvalue weighted by molar-refractivity contribution is 5.82. The standard InChI is InChI=1S/C8H16N2/c1-5-7(2)10-8(3)6-9-4/h6,9H,5H2,1-4H3/b8-6-,10-7?. The highest BCUT2D eigenvalue weighted by atomic mass is 14.8. The molecule has 0 aromatic carbocycles. The van der Waals surface area contributed by atoms with Gasteiger partial charge in [-0.1, -0.05) is 6.92 Å². The van der Waals surface area contributed by atoms with Gasteiger partial charge in [0.25, 0.3) is 0 Å². The minimum absolute atomic E-state index is 1.02. The number of rotatable bonds is 3. The highest BCUT2D eigenvalue weighted by Gasteiger charge is 1.85. The molecule has 0 aliphatic heterocycles. The summed E-state index contributed by atoms with van der Waals surface area (Å²) in [6, 6.07) is 0. The van der Waals surface area contributed by atoms with E-state index in [4.69, 9.17) is 0 Å². The van der Waals surface area contributed by atoms with Crippen LogP contribution in [-0.4, -0.2) is 12.8 Å². The Balaban J connectivity index is 3.98. The van der Waals surface area contributed by atoms with Crippen molar-refractivity contribution in [1.29, 1.82) is 0 Å². The molecule has 0 heterocycles. The first-order valence-corrected chi connectivity index (χ1v) is 3.59. The van der Waals surface area contributed by atoms with Crippen molar-refractivity contribution in [2.24, 2.45) is 4.99 Å². The van der Waals surface area contributed by atoms with Gasteiger partial charge in [-0.05, 0) is 20.3 Å². The van der Waals surface area contributed by atoms with Crippen molar-refractivity contribution in [3.05, 3.63) is 11.9 Å². The summed E-state index contributed by atoms with van der Waals surface area (Å²) in [6.07, 6.45) is 2.91. The molecule has 10 heavy (non-hydrogen) atoms. The molecule has 0 amide bonds. The summed E-state index contributed by atoms with van der Waals surface area (Å²) < 4.78 is 0. The van der Waals surface area contributed by atoms with E-state index in [9.17, 15) is 0 Å². The molecule has 0 rings (SSSR count). The Morgan fingerprint density at radius 3 is 2.50 bits per heavy atom. The van der Waals surface area contributed by atoms with Crippen LogP contribution in [0.15, 0.2) is 16.9 Å². The lowest BCUT2D eigenvalue weighted by molar-refractivity contribution is 1.05. The number of hydrogen-bond donors (Lipinski definition) is 1. The van der Waals surface area contributed by atoms with E-state index in [1.165, 1.54) is 5.71 Å². The SMILES string of the molecule is CCC(C)=N/C(C)=C\NC. The minimum Gasteiger partial charge on any atom is -0.393 e. The van der Waals surface area contributed by atoms with Gasteiger partial charge in [0.15, 0.2) is 0 Å². The molecule has 0 aliphatic rings. The normalized spacial score (nSPS) is 13.6. The molecular formula is C8H16N2. The van der Waals surface area contributed by atoms with Crippen molar-refractivity contribution in [1.82, 2.24) is 5.32 Å².